The van der Waals surface area contributed by atoms with E-state index in [1.165, 1.54) is 24.3 Å². The van der Waals surface area contributed by atoms with Crippen LogP contribution in [0.25, 0.3) is 21.5 Å². The molecule has 0 aliphatic heterocycles. The fourth-order valence-corrected chi connectivity index (χ4v) is 7.13. The second-order valence-electron chi connectivity index (χ2n) is 11.8. The second-order valence-corrected chi connectivity index (χ2v) is 14.7. The molecule has 0 heterocycles. The Bertz CT molecular complexity index is 2810. The summed E-state index contributed by atoms with van der Waals surface area (Å²) >= 11 is 1.01. The molecular weight excluding hydrogens is 829 g/mol. The number of rotatable bonds is 13. The lowest BCUT2D eigenvalue weighted by Gasteiger charge is -2.12. The Morgan fingerprint density at radius 1 is 0.707 bits per heavy atom. The number of hydrogen-bond donors (Lipinski definition) is 9. The highest BCUT2D eigenvalue weighted by Gasteiger charge is 2.24. The van der Waals surface area contributed by atoms with Crippen LogP contribution < -0.4 is 11.5 Å². The Balaban J connectivity index is 1.26. The van der Waals surface area contributed by atoms with Gasteiger partial charge in [-0.05, 0) is 76.7 Å². The Morgan fingerprint density at radius 3 is 1.93 bits per heavy atom. The van der Waals surface area contributed by atoms with Crippen LogP contribution in [0.1, 0.15) is 5.56 Å². The van der Waals surface area contributed by atoms with Crippen molar-refractivity contribution in [3.8, 4) is 23.0 Å². The number of fused-ring (bicyclic) bond motifs is 2. The first-order valence-corrected chi connectivity index (χ1v) is 18.6. The van der Waals surface area contributed by atoms with Gasteiger partial charge in [0.05, 0.1) is 35.0 Å². The van der Waals surface area contributed by atoms with Crippen molar-refractivity contribution in [2.24, 2.45) is 25.6 Å². The Morgan fingerprint density at radius 2 is 1.29 bits per heavy atom. The number of aryl methyl sites for hydroxylation is 1. The summed E-state index contributed by atoms with van der Waals surface area (Å²) < 4.78 is 43.3. The van der Waals surface area contributed by atoms with Crippen LogP contribution in [0.5, 0.6) is 23.0 Å². The van der Waals surface area contributed by atoms with E-state index in [0.29, 0.717) is 29.5 Å². The largest absolute Gasteiger partial charge is 0.594 e. The van der Waals surface area contributed by atoms with Gasteiger partial charge in [0.2, 0.25) is 5.69 Å². The first kappa shape index (κ1) is 41.2. The first-order chi connectivity index (χ1) is 27.6. The summed E-state index contributed by atoms with van der Waals surface area (Å²) in [5.41, 5.74) is 11.5. The van der Waals surface area contributed by atoms with E-state index in [-0.39, 0.29) is 76.4 Å². The lowest BCUT2D eigenvalue weighted by Crippen LogP contribution is -2.00. The Labute approximate surface area is 333 Å². The predicted octanol–water partition coefficient (Wildman–Crippen LogP) is 9.15. The van der Waals surface area contributed by atoms with Crippen LogP contribution >= 0.6 is 24.1 Å². The van der Waals surface area contributed by atoms with Gasteiger partial charge >= 0.3 is 0 Å². The standard InChI is InChI=1S/C33H26N8O14S3/c1-14-6-15-9-26(57-55-53-48)30(32(44)28(15)20(34)7-14)38-36-22-4-2-17(11-24(22)42)40-41(46)18-3-5-23(25(43)12-18)37-39-31-27(58(49,50)51)10-16-8-19(56-54-52-47)13-21(35)29(16)33(31)45/h2-13,42-45,47-48H,34-35H2,1H3,(H,49,50,51). The van der Waals surface area contributed by atoms with Crippen LogP contribution in [-0.2, 0) is 28.9 Å². The zero-order chi connectivity index (χ0) is 41.9. The zero-order valence-corrected chi connectivity index (χ0v) is 31.4. The average molecular weight is 855 g/mol. The predicted molar refractivity (Wildman–Crippen MR) is 206 cm³/mol. The van der Waals surface area contributed by atoms with E-state index in [1.54, 1.807) is 25.1 Å². The topological polar surface area (TPSA) is 353 Å². The maximum atomic E-state index is 12.9. The lowest BCUT2D eigenvalue weighted by molar-refractivity contribution is -0.435. The summed E-state index contributed by atoms with van der Waals surface area (Å²) in [6, 6.07) is 15.4. The van der Waals surface area contributed by atoms with E-state index in [4.69, 9.17) is 22.0 Å². The minimum atomic E-state index is -5.03. The molecule has 6 aromatic rings. The molecule has 6 rings (SSSR count). The summed E-state index contributed by atoms with van der Waals surface area (Å²) in [6.45, 7) is 1.80. The highest BCUT2D eigenvalue weighted by Crippen LogP contribution is 2.48. The molecule has 0 aliphatic carbocycles. The van der Waals surface area contributed by atoms with Gasteiger partial charge in [0.1, 0.15) is 44.8 Å². The highest BCUT2D eigenvalue weighted by atomic mass is 32.2. The van der Waals surface area contributed by atoms with Gasteiger partial charge in [-0.25, -0.2) is 10.5 Å². The average Bonchev–Trinajstić information content (AvgIpc) is 3.15. The van der Waals surface area contributed by atoms with E-state index < -0.39 is 37.9 Å². The quantitative estimate of drug-likeness (QED) is 0.00993. The molecule has 0 amide bonds. The van der Waals surface area contributed by atoms with Gasteiger partial charge in [-0.1, -0.05) is 16.1 Å². The summed E-state index contributed by atoms with van der Waals surface area (Å²) in [5, 5.41) is 101. The molecule has 0 aromatic heterocycles. The molecule has 300 valence electrons. The monoisotopic (exact) mass is 854 g/mol. The van der Waals surface area contributed by atoms with Gasteiger partial charge in [0.15, 0.2) is 11.5 Å². The van der Waals surface area contributed by atoms with E-state index in [2.05, 4.69) is 44.3 Å². The molecule has 0 radical (unpaired) electrons. The van der Waals surface area contributed by atoms with E-state index in [9.17, 15) is 38.6 Å². The van der Waals surface area contributed by atoms with E-state index in [0.717, 1.165) is 35.9 Å². The van der Waals surface area contributed by atoms with Crippen molar-refractivity contribution in [3.63, 3.8) is 0 Å². The van der Waals surface area contributed by atoms with Crippen LogP contribution in [0.4, 0.5) is 45.5 Å². The maximum Gasteiger partial charge on any atom is 0.296 e. The summed E-state index contributed by atoms with van der Waals surface area (Å²) in [5.74, 6) is -2.29. The molecule has 0 saturated carbocycles. The number of nitrogens with two attached hydrogens (primary N) is 2. The van der Waals surface area contributed by atoms with Crippen LogP contribution in [0.3, 0.4) is 0 Å². The van der Waals surface area contributed by atoms with Gasteiger partial charge < -0.3 is 37.1 Å². The number of phenols is 4. The molecule has 58 heavy (non-hydrogen) atoms. The Hall–Kier alpha value is -6.39. The van der Waals surface area contributed by atoms with Crippen LogP contribution in [0, 0.1) is 12.1 Å². The number of phenolic OH excluding ortho intramolecular Hbond substituents is 4. The van der Waals surface area contributed by atoms with Crippen LogP contribution in [0.15, 0.2) is 113 Å². The van der Waals surface area contributed by atoms with Crippen molar-refractivity contribution in [2.75, 3.05) is 11.5 Å². The van der Waals surface area contributed by atoms with Crippen molar-refractivity contribution >= 4 is 101 Å². The Kier molecular flexibility index (Phi) is 12.1. The number of benzene rings is 6. The summed E-state index contributed by atoms with van der Waals surface area (Å²) in [6.07, 6.45) is 0. The zero-order valence-electron chi connectivity index (χ0n) is 29.0. The minimum absolute atomic E-state index is 0.0174. The molecule has 0 unspecified atom stereocenters. The van der Waals surface area contributed by atoms with Crippen molar-refractivity contribution < 1.29 is 67.5 Å². The van der Waals surface area contributed by atoms with Crippen molar-refractivity contribution in [2.45, 2.75) is 21.6 Å². The number of hydrogen-bond acceptors (Lipinski definition) is 22. The molecule has 0 spiro atoms. The highest BCUT2D eigenvalue weighted by molar-refractivity contribution is 7.95. The van der Waals surface area contributed by atoms with Crippen molar-refractivity contribution in [1.82, 2.24) is 0 Å². The molecule has 0 bridgehead atoms. The lowest BCUT2D eigenvalue weighted by atomic mass is 10.0. The first-order valence-electron chi connectivity index (χ1n) is 15.7. The minimum Gasteiger partial charge on any atom is -0.594 e. The maximum absolute atomic E-state index is 12.9. The number of anilines is 2. The molecule has 0 aliphatic rings. The third-order valence-electron chi connectivity index (χ3n) is 7.93. The van der Waals surface area contributed by atoms with Crippen molar-refractivity contribution in [1.29, 1.82) is 0 Å². The van der Waals surface area contributed by atoms with Gasteiger partial charge in [-0.15, -0.1) is 29.1 Å². The molecule has 11 N–H and O–H groups in total. The van der Waals surface area contributed by atoms with Crippen molar-refractivity contribution in [3.05, 3.63) is 83.6 Å². The van der Waals surface area contributed by atoms with Gasteiger partial charge in [0.25, 0.3) is 10.1 Å². The normalized spacial score (nSPS) is 12.4. The molecule has 0 fully saturated rings. The summed E-state index contributed by atoms with van der Waals surface area (Å²) in [7, 11) is -5.03. The molecule has 6 aromatic carbocycles. The number of aromatic hydroxyl groups is 4. The van der Waals surface area contributed by atoms with Gasteiger partial charge in [-0.2, -0.15) is 8.42 Å². The smallest absolute Gasteiger partial charge is 0.296 e. The van der Waals surface area contributed by atoms with Crippen LogP contribution in [-0.4, -0.2) is 48.8 Å². The number of nitrogens with zero attached hydrogens (tertiary/aromatic N) is 6. The molecule has 22 nitrogen and oxygen atoms in total. The number of nitrogen functional groups attached to an aromatic ring is 2. The molecule has 0 atom stereocenters. The SMILES string of the molecule is Cc1cc(N)c2c(O)c(N=Nc3ccc(N=[N+]([O-])c4ccc(N=Nc5c(S(=O)(=O)O)cc6cc(SOOO)cc(N)c6c5O)c(O)c4)cc3O)c(SOOO)cc2c1. The van der Waals surface area contributed by atoms with E-state index in [1.807, 2.05) is 0 Å². The third kappa shape index (κ3) is 8.77. The van der Waals surface area contributed by atoms with Gasteiger partial charge in [-0.3, -0.25) is 4.55 Å². The van der Waals surface area contributed by atoms with E-state index >= 15 is 0 Å². The molecule has 25 heteroatoms. The fraction of sp³-hybridized carbons (Fsp3) is 0.0303. The molecular formula is C33H26N8O14S3. The van der Waals surface area contributed by atoms with Gasteiger partial charge in [0, 0.05) is 44.3 Å². The second kappa shape index (κ2) is 17.0. The fourth-order valence-electron chi connectivity index (χ4n) is 5.52. The van der Waals surface area contributed by atoms with Crippen LogP contribution in [0.2, 0.25) is 0 Å². The number of azo groups is 3. The third-order valence-corrected chi connectivity index (χ3v) is 9.98. The summed E-state index contributed by atoms with van der Waals surface area (Å²) in [4.78, 5) is -0.404. The molecule has 0 saturated heterocycles.